The second-order valence-electron chi connectivity index (χ2n) is 8.45. The molecule has 2 aliphatic rings. The first kappa shape index (κ1) is 24.2. The third kappa shape index (κ3) is 4.67. The molecule has 184 valence electrons. The van der Waals surface area contributed by atoms with Gasteiger partial charge in [-0.2, -0.15) is 4.31 Å². The number of hydrogen-bond acceptors (Lipinski definition) is 6. The summed E-state index contributed by atoms with van der Waals surface area (Å²) in [5, 5.41) is 0. The Balaban J connectivity index is 1.46. The van der Waals surface area contributed by atoms with Crippen LogP contribution in [0.1, 0.15) is 30.3 Å². The van der Waals surface area contributed by atoms with Crippen molar-refractivity contribution in [1.82, 2.24) is 13.8 Å². The molecule has 4 rings (SSSR count). The Morgan fingerprint density at radius 3 is 2.41 bits per heavy atom. The summed E-state index contributed by atoms with van der Waals surface area (Å²) in [5.41, 5.74) is 1.03. The number of anilines is 1. The van der Waals surface area contributed by atoms with Crippen LogP contribution in [0.3, 0.4) is 0 Å². The molecule has 2 fully saturated rings. The molecule has 3 heterocycles. The van der Waals surface area contributed by atoms with Crippen molar-refractivity contribution in [2.75, 3.05) is 44.2 Å². The number of ether oxygens (including phenoxy) is 1. The second-order valence-corrected chi connectivity index (χ2v) is 10.3. The van der Waals surface area contributed by atoms with Gasteiger partial charge >= 0.3 is 5.97 Å². The fourth-order valence-corrected chi connectivity index (χ4v) is 6.26. The SMILES string of the molecule is CCOC(=O)c1cc(S(=O)(=O)N2CCCC2C(=O)N2CCN(c3ccc(F)cc3)CC2)cn1C. The molecular formula is C23H29FN4O5S. The highest BCUT2D eigenvalue weighted by atomic mass is 32.2. The normalized spacial score (nSPS) is 19.4. The van der Waals surface area contributed by atoms with Crippen LogP contribution in [0.2, 0.25) is 0 Å². The topological polar surface area (TPSA) is 92.2 Å². The molecule has 2 saturated heterocycles. The van der Waals surface area contributed by atoms with Gasteiger partial charge in [0, 0.05) is 51.7 Å². The van der Waals surface area contributed by atoms with Gasteiger partial charge in [-0.25, -0.2) is 17.6 Å². The lowest BCUT2D eigenvalue weighted by Crippen LogP contribution is -2.54. The molecule has 1 amide bonds. The van der Waals surface area contributed by atoms with Crippen molar-refractivity contribution in [1.29, 1.82) is 0 Å². The highest BCUT2D eigenvalue weighted by molar-refractivity contribution is 7.89. The zero-order valence-corrected chi connectivity index (χ0v) is 20.1. The minimum absolute atomic E-state index is 0.0288. The summed E-state index contributed by atoms with van der Waals surface area (Å²) in [6.07, 6.45) is 2.42. The average Bonchev–Trinajstić information content (AvgIpc) is 3.47. The number of carbonyl (C=O) groups is 2. The molecule has 2 aliphatic heterocycles. The summed E-state index contributed by atoms with van der Waals surface area (Å²) >= 11 is 0. The van der Waals surface area contributed by atoms with Crippen molar-refractivity contribution in [3.8, 4) is 0 Å². The second kappa shape index (κ2) is 9.75. The van der Waals surface area contributed by atoms with Gasteiger partial charge in [0.25, 0.3) is 0 Å². The molecule has 1 aromatic heterocycles. The first-order chi connectivity index (χ1) is 16.2. The first-order valence-corrected chi connectivity index (χ1v) is 12.8. The van der Waals surface area contributed by atoms with Crippen LogP contribution < -0.4 is 4.90 Å². The largest absolute Gasteiger partial charge is 0.461 e. The molecule has 0 spiro atoms. The molecule has 11 heteroatoms. The predicted molar refractivity (Wildman–Crippen MR) is 123 cm³/mol. The maximum Gasteiger partial charge on any atom is 0.354 e. The monoisotopic (exact) mass is 492 g/mol. The maximum absolute atomic E-state index is 13.4. The van der Waals surface area contributed by atoms with Gasteiger partial charge in [0.1, 0.15) is 22.4 Å². The maximum atomic E-state index is 13.4. The Morgan fingerprint density at radius 1 is 1.09 bits per heavy atom. The number of rotatable bonds is 6. The van der Waals surface area contributed by atoms with Crippen molar-refractivity contribution >= 4 is 27.6 Å². The van der Waals surface area contributed by atoms with E-state index in [0.29, 0.717) is 39.0 Å². The van der Waals surface area contributed by atoms with E-state index in [4.69, 9.17) is 4.74 Å². The number of aromatic nitrogens is 1. The van der Waals surface area contributed by atoms with E-state index in [1.165, 1.54) is 33.3 Å². The van der Waals surface area contributed by atoms with Gasteiger partial charge in [0.05, 0.1) is 6.61 Å². The average molecular weight is 493 g/mol. The smallest absolute Gasteiger partial charge is 0.354 e. The van der Waals surface area contributed by atoms with E-state index in [1.807, 2.05) is 0 Å². The molecule has 1 aromatic carbocycles. The van der Waals surface area contributed by atoms with Crippen LogP contribution in [0.25, 0.3) is 0 Å². The lowest BCUT2D eigenvalue weighted by atomic mass is 10.1. The van der Waals surface area contributed by atoms with Crippen LogP contribution in [0.4, 0.5) is 10.1 Å². The van der Waals surface area contributed by atoms with Crippen LogP contribution in [0.5, 0.6) is 0 Å². The number of benzene rings is 1. The van der Waals surface area contributed by atoms with E-state index in [2.05, 4.69) is 4.90 Å². The molecule has 34 heavy (non-hydrogen) atoms. The number of halogens is 1. The summed E-state index contributed by atoms with van der Waals surface area (Å²) in [6, 6.07) is 6.77. The van der Waals surface area contributed by atoms with E-state index in [9.17, 15) is 22.4 Å². The van der Waals surface area contributed by atoms with Crippen molar-refractivity contribution in [3.05, 3.63) is 48.0 Å². The predicted octanol–water partition coefficient (Wildman–Crippen LogP) is 1.84. The van der Waals surface area contributed by atoms with Crippen LogP contribution >= 0.6 is 0 Å². The summed E-state index contributed by atoms with van der Waals surface area (Å²) < 4.78 is 47.7. The Bertz CT molecular complexity index is 1160. The van der Waals surface area contributed by atoms with Crippen molar-refractivity contribution in [2.24, 2.45) is 7.05 Å². The van der Waals surface area contributed by atoms with E-state index in [-0.39, 0.29) is 35.5 Å². The number of carbonyl (C=O) groups excluding carboxylic acids is 2. The highest BCUT2D eigenvalue weighted by Crippen LogP contribution is 2.29. The van der Waals surface area contributed by atoms with Gasteiger partial charge in [0.2, 0.25) is 15.9 Å². The molecule has 0 aliphatic carbocycles. The Morgan fingerprint density at radius 2 is 1.76 bits per heavy atom. The van der Waals surface area contributed by atoms with Crippen molar-refractivity contribution in [2.45, 2.75) is 30.7 Å². The van der Waals surface area contributed by atoms with Gasteiger partial charge < -0.3 is 19.1 Å². The minimum atomic E-state index is -3.97. The third-order valence-electron chi connectivity index (χ3n) is 6.34. The zero-order chi connectivity index (χ0) is 24.5. The van der Waals surface area contributed by atoms with Gasteiger partial charge in [0.15, 0.2) is 0 Å². The number of nitrogens with zero attached hydrogens (tertiary/aromatic N) is 4. The number of aryl methyl sites for hydroxylation is 1. The number of piperazine rings is 1. The van der Waals surface area contributed by atoms with Crippen LogP contribution in [-0.2, 0) is 26.6 Å². The van der Waals surface area contributed by atoms with E-state index in [1.54, 1.807) is 31.0 Å². The van der Waals surface area contributed by atoms with Crippen molar-refractivity contribution < 1.29 is 27.1 Å². The fourth-order valence-electron chi connectivity index (χ4n) is 4.54. The summed E-state index contributed by atoms with van der Waals surface area (Å²) in [6.45, 7) is 4.19. The Kier molecular flexibility index (Phi) is 6.94. The molecule has 2 aromatic rings. The van der Waals surface area contributed by atoms with Crippen LogP contribution in [-0.4, -0.2) is 79.4 Å². The standard InChI is InChI=1S/C23H29FN4O5S/c1-3-33-23(30)21-15-19(16-25(21)2)34(31,32)28-10-4-5-20(28)22(29)27-13-11-26(12-14-27)18-8-6-17(24)7-9-18/h6-9,15-16,20H,3-5,10-14H2,1-2H3. The molecule has 1 atom stereocenters. The third-order valence-corrected chi connectivity index (χ3v) is 8.22. The fraction of sp³-hybridized carbons (Fsp3) is 0.478. The van der Waals surface area contributed by atoms with Crippen LogP contribution in [0.15, 0.2) is 41.4 Å². The molecule has 9 nitrogen and oxygen atoms in total. The quantitative estimate of drug-likeness (QED) is 0.572. The lowest BCUT2D eigenvalue weighted by molar-refractivity contribution is -0.134. The lowest BCUT2D eigenvalue weighted by Gasteiger charge is -2.38. The summed E-state index contributed by atoms with van der Waals surface area (Å²) in [5.74, 6) is -1.10. The van der Waals surface area contributed by atoms with Gasteiger partial charge in [-0.1, -0.05) is 0 Å². The highest BCUT2D eigenvalue weighted by Gasteiger charge is 2.42. The Hall–Kier alpha value is -2.92. The number of sulfonamides is 1. The first-order valence-electron chi connectivity index (χ1n) is 11.4. The van der Waals surface area contributed by atoms with E-state index >= 15 is 0 Å². The zero-order valence-electron chi connectivity index (χ0n) is 19.3. The number of esters is 1. The molecule has 1 unspecified atom stereocenters. The van der Waals surface area contributed by atoms with Gasteiger partial charge in [-0.05, 0) is 50.1 Å². The molecule has 0 N–H and O–H groups in total. The molecule has 0 bridgehead atoms. The minimum Gasteiger partial charge on any atom is -0.461 e. The number of hydrogen-bond donors (Lipinski definition) is 0. The van der Waals surface area contributed by atoms with Gasteiger partial charge in [-0.15, -0.1) is 0 Å². The molecular weight excluding hydrogens is 463 g/mol. The molecule has 0 radical (unpaired) electrons. The Labute approximate surface area is 198 Å². The van der Waals surface area contributed by atoms with Crippen molar-refractivity contribution in [3.63, 3.8) is 0 Å². The van der Waals surface area contributed by atoms with E-state index < -0.39 is 22.0 Å². The van der Waals surface area contributed by atoms with Gasteiger partial charge in [-0.3, -0.25) is 4.79 Å². The summed E-state index contributed by atoms with van der Waals surface area (Å²) in [7, 11) is -2.39. The molecule has 0 saturated carbocycles. The van der Waals surface area contributed by atoms with E-state index in [0.717, 1.165) is 5.69 Å². The van der Waals surface area contributed by atoms with Crippen LogP contribution in [0, 0.1) is 5.82 Å². The number of amides is 1. The summed E-state index contributed by atoms with van der Waals surface area (Å²) in [4.78, 5) is 29.2.